The average molecular weight is 431 g/mol. The number of amides is 1. The molecule has 1 aliphatic rings. The molecule has 6 heteroatoms. The second-order valence-electron chi connectivity index (χ2n) is 7.71. The van der Waals surface area contributed by atoms with Gasteiger partial charge in [0.25, 0.3) is 11.7 Å². The normalized spacial score (nSPS) is 17.6. The van der Waals surface area contributed by atoms with E-state index in [0.717, 1.165) is 17.2 Å². The van der Waals surface area contributed by atoms with Crippen LogP contribution in [0.25, 0.3) is 5.76 Å². The van der Waals surface area contributed by atoms with Crippen LogP contribution in [-0.2, 0) is 9.59 Å². The number of para-hydroxylation sites is 1. The molecule has 5 nitrogen and oxygen atoms in total. The minimum Gasteiger partial charge on any atom is -0.507 e. The highest BCUT2D eigenvalue weighted by Crippen LogP contribution is 2.44. The lowest BCUT2D eigenvalue weighted by molar-refractivity contribution is -0.132. The van der Waals surface area contributed by atoms with Gasteiger partial charge in [0.2, 0.25) is 0 Å². The molecule has 1 atom stereocenters. The van der Waals surface area contributed by atoms with E-state index in [1.54, 1.807) is 18.2 Å². The SMILES string of the molecule is COc1ccc(F)cc1/C(O)=C1\C(=O)C(=O)N(c2ccccc2C)C1c1cccc(C)c1. The van der Waals surface area contributed by atoms with Gasteiger partial charge < -0.3 is 9.84 Å². The maximum absolute atomic E-state index is 14.0. The average Bonchev–Trinajstić information content (AvgIpc) is 3.04. The van der Waals surface area contributed by atoms with Gasteiger partial charge in [-0.2, -0.15) is 0 Å². The first-order valence-electron chi connectivity index (χ1n) is 10.1. The Kier molecular flexibility index (Phi) is 5.53. The van der Waals surface area contributed by atoms with E-state index in [2.05, 4.69) is 0 Å². The zero-order chi connectivity index (χ0) is 23.0. The Hall–Kier alpha value is -3.93. The van der Waals surface area contributed by atoms with Crippen molar-refractivity contribution in [2.45, 2.75) is 19.9 Å². The highest BCUT2D eigenvalue weighted by atomic mass is 19.1. The molecule has 1 saturated heterocycles. The maximum Gasteiger partial charge on any atom is 0.300 e. The summed E-state index contributed by atoms with van der Waals surface area (Å²) in [7, 11) is 1.38. The number of rotatable bonds is 4. The molecular formula is C26H22FNO4. The Balaban J connectivity index is 2.02. The number of aliphatic hydroxyl groups excluding tert-OH is 1. The molecule has 32 heavy (non-hydrogen) atoms. The van der Waals surface area contributed by atoms with Crippen LogP contribution in [0.5, 0.6) is 5.75 Å². The number of hydrogen-bond acceptors (Lipinski definition) is 4. The molecule has 0 spiro atoms. The van der Waals surface area contributed by atoms with E-state index in [1.165, 1.54) is 24.1 Å². The highest BCUT2D eigenvalue weighted by Gasteiger charge is 2.47. The largest absolute Gasteiger partial charge is 0.507 e. The summed E-state index contributed by atoms with van der Waals surface area (Å²) in [6.07, 6.45) is 0. The quantitative estimate of drug-likeness (QED) is 0.356. The highest BCUT2D eigenvalue weighted by molar-refractivity contribution is 6.51. The molecule has 0 radical (unpaired) electrons. The topological polar surface area (TPSA) is 66.8 Å². The van der Waals surface area contributed by atoms with Crippen LogP contribution in [0.1, 0.15) is 28.3 Å². The lowest BCUT2D eigenvalue weighted by Gasteiger charge is -2.27. The first kappa shape index (κ1) is 21.3. The standard InChI is InChI=1S/C26H22FNO4/c1-15-7-6-9-17(13-15)23-22(24(29)19-14-18(27)11-12-21(19)32-3)25(30)26(31)28(23)20-10-5-4-8-16(20)2/h4-14,23,29H,1-3H3/b24-22+. The number of ether oxygens (including phenoxy) is 1. The Morgan fingerprint density at radius 1 is 1.00 bits per heavy atom. The summed E-state index contributed by atoms with van der Waals surface area (Å²) < 4.78 is 19.3. The zero-order valence-electron chi connectivity index (χ0n) is 17.9. The molecule has 3 aromatic rings. The summed E-state index contributed by atoms with van der Waals surface area (Å²) in [5.41, 5.74) is 2.84. The predicted molar refractivity (Wildman–Crippen MR) is 120 cm³/mol. The summed E-state index contributed by atoms with van der Waals surface area (Å²) in [5.74, 6) is -2.50. The van der Waals surface area contributed by atoms with Crippen molar-refractivity contribution in [3.63, 3.8) is 0 Å². The smallest absolute Gasteiger partial charge is 0.300 e. The van der Waals surface area contributed by atoms with Crippen molar-refractivity contribution in [1.29, 1.82) is 0 Å². The zero-order valence-corrected chi connectivity index (χ0v) is 17.9. The number of hydrogen-bond donors (Lipinski definition) is 1. The lowest BCUT2D eigenvalue weighted by Crippen LogP contribution is -2.30. The number of Topliss-reactive ketones (excluding diaryl/α,β-unsaturated/α-hetero) is 1. The van der Waals surface area contributed by atoms with Crippen LogP contribution in [0.15, 0.2) is 72.3 Å². The predicted octanol–water partition coefficient (Wildman–Crippen LogP) is 5.08. The lowest BCUT2D eigenvalue weighted by atomic mass is 9.93. The molecule has 1 aliphatic heterocycles. The fourth-order valence-electron chi connectivity index (χ4n) is 4.08. The van der Waals surface area contributed by atoms with Crippen molar-refractivity contribution in [3.05, 3.63) is 100 Å². The molecule has 1 amide bonds. The molecular weight excluding hydrogens is 409 g/mol. The number of anilines is 1. The van der Waals surface area contributed by atoms with Crippen LogP contribution < -0.4 is 9.64 Å². The van der Waals surface area contributed by atoms with Crippen LogP contribution in [0.4, 0.5) is 10.1 Å². The number of halogens is 1. The fraction of sp³-hybridized carbons (Fsp3) is 0.154. The van der Waals surface area contributed by atoms with Gasteiger partial charge in [0.15, 0.2) is 0 Å². The molecule has 0 aromatic heterocycles. The summed E-state index contributed by atoms with van der Waals surface area (Å²) in [5, 5.41) is 11.2. The Bertz CT molecular complexity index is 1260. The minimum atomic E-state index is -0.885. The van der Waals surface area contributed by atoms with E-state index >= 15 is 0 Å². The molecule has 3 aromatic carbocycles. The van der Waals surface area contributed by atoms with Gasteiger partial charge in [0.1, 0.15) is 17.3 Å². The Morgan fingerprint density at radius 3 is 2.44 bits per heavy atom. The van der Waals surface area contributed by atoms with E-state index in [1.807, 2.05) is 44.2 Å². The van der Waals surface area contributed by atoms with E-state index < -0.39 is 29.3 Å². The van der Waals surface area contributed by atoms with Gasteiger partial charge in [0.05, 0.1) is 24.3 Å². The summed E-state index contributed by atoms with van der Waals surface area (Å²) in [4.78, 5) is 27.8. The molecule has 0 aliphatic carbocycles. The maximum atomic E-state index is 14.0. The molecule has 1 fully saturated rings. The third-order valence-electron chi connectivity index (χ3n) is 5.59. The van der Waals surface area contributed by atoms with Crippen LogP contribution in [0, 0.1) is 19.7 Å². The number of methoxy groups -OCH3 is 1. The Labute approximate surface area is 185 Å². The number of ketones is 1. The molecule has 0 bridgehead atoms. The number of carbonyl (C=O) groups excluding carboxylic acids is 2. The van der Waals surface area contributed by atoms with E-state index in [-0.39, 0.29) is 16.9 Å². The number of aliphatic hydroxyl groups is 1. The fourth-order valence-corrected chi connectivity index (χ4v) is 4.08. The minimum absolute atomic E-state index is 0.00735. The van der Waals surface area contributed by atoms with Gasteiger partial charge in [-0.1, -0.05) is 48.0 Å². The van der Waals surface area contributed by atoms with Gasteiger partial charge in [0, 0.05) is 5.69 Å². The molecule has 4 rings (SSSR count). The van der Waals surface area contributed by atoms with E-state index in [4.69, 9.17) is 4.74 Å². The van der Waals surface area contributed by atoms with Gasteiger partial charge in [-0.05, 0) is 49.2 Å². The number of aryl methyl sites for hydroxylation is 2. The van der Waals surface area contributed by atoms with Crippen molar-refractivity contribution < 1.29 is 23.8 Å². The second-order valence-corrected chi connectivity index (χ2v) is 7.71. The monoisotopic (exact) mass is 431 g/mol. The summed E-state index contributed by atoms with van der Waals surface area (Å²) >= 11 is 0. The van der Waals surface area contributed by atoms with Gasteiger partial charge >= 0.3 is 0 Å². The summed E-state index contributed by atoms with van der Waals surface area (Å²) in [6, 6.07) is 17.4. The molecule has 1 N–H and O–H groups in total. The number of carbonyl (C=O) groups is 2. The Morgan fingerprint density at radius 2 is 1.75 bits per heavy atom. The van der Waals surface area contributed by atoms with E-state index in [9.17, 15) is 19.1 Å². The van der Waals surface area contributed by atoms with Crippen molar-refractivity contribution in [1.82, 2.24) is 0 Å². The van der Waals surface area contributed by atoms with Crippen molar-refractivity contribution >= 4 is 23.1 Å². The van der Waals surface area contributed by atoms with Gasteiger partial charge in [-0.25, -0.2) is 4.39 Å². The molecule has 0 saturated carbocycles. The van der Waals surface area contributed by atoms with E-state index in [0.29, 0.717) is 11.3 Å². The first-order chi connectivity index (χ1) is 15.3. The van der Waals surface area contributed by atoms with Crippen molar-refractivity contribution in [2.75, 3.05) is 12.0 Å². The molecule has 1 unspecified atom stereocenters. The van der Waals surface area contributed by atoms with Crippen LogP contribution in [0.3, 0.4) is 0 Å². The van der Waals surface area contributed by atoms with Crippen LogP contribution >= 0.6 is 0 Å². The second kappa shape index (κ2) is 8.30. The number of benzene rings is 3. The van der Waals surface area contributed by atoms with Crippen LogP contribution in [-0.4, -0.2) is 23.9 Å². The van der Waals surface area contributed by atoms with Gasteiger partial charge in [-0.3, -0.25) is 14.5 Å². The van der Waals surface area contributed by atoms with Crippen molar-refractivity contribution in [3.8, 4) is 5.75 Å². The molecule has 1 heterocycles. The first-order valence-corrected chi connectivity index (χ1v) is 10.1. The van der Waals surface area contributed by atoms with Crippen LogP contribution in [0.2, 0.25) is 0 Å². The number of nitrogens with zero attached hydrogens (tertiary/aromatic N) is 1. The van der Waals surface area contributed by atoms with Crippen molar-refractivity contribution in [2.24, 2.45) is 0 Å². The summed E-state index contributed by atoms with van der Waals surface area (Å²) in [6.45, 7) is 3.75. The molecule has 162 valence electrons. The third-order valence-corrected chi connectivity index (χ3v) is 5.59. The third kappa shape index (κ3) is 3.54. The van der Waals surface area contributed by atoms with Gasteiger partial charge in [-0.15, -0.1) is 0 Å².